The summed E-state index contributed by atoms with van der Waals surface area (Å²) in [5.74, 6) is -1.39. The molecule has 0 aromatic rings. The van der Waals surface area contributed by atoms with Crippen molar-refractivity contribution < 1.29 is 23.1 Å². The molecule has 1 rings (SSSR count). The van der Waals surface area contributed by atoms with E-state index in [4.69, 9.17) is 10.2 Å². The number of primary sulfonamides is 1. The van der Waals surface area contributed by atoms with E-state index in [2.05, 4.69) is 0 Å². The Morgan fingerprint density at radius 1 is 1.60 bits per heavy atom. The molecular formula is C7H12N2O5S. The molecule has 1 saturated heterocycles. The lowest BCUT2D eigenvalue weighted by atomic mass is 10.4. The van der Waals surface area contributed by atoms with E-state index in [9.17, 15) is 18.0 Å². The number of amides is 1. The molecule has 1 heterocycles. The average Bonchev–Trinajstić information content (AvgIpc) is 2.42. The first kappa shape index (κ1) is 11.9. The fourth-order valence-corrected chi connectivity index (χ4v) is 2.17. The van der Waals surface area contributed by atoms with Gasteiger partial charge in [0.05, 0.1) is 6.42 Å². The van der Waals surface area contributed by atoms with Crippen molar-refractivity contribution in [2.75, 3.05) is 13.1 Å². The van der Waals surface area contributed by atoms with Crippen LogP contribution in [0.15, 0.2) is 0 Å². The van der Waals surface area contributed by atoms with E-state index in [0.29, 0.717) is 0 Å². The normalized spacial score (nSPS) is 22.1. The Balaban J connectivity index is 2.57. The molecule has 1 fully saturated rings. The molecular weight excluding hydrogens is 224 g/mol. The molecule has 0 radical (unpaired) electrons. The highest BCUT2D eigenvalue weighted by Crippen LogP contribution is 2.16. The molecule has 1 atom stereocenters. The van der Waals surface area contributed by atoms with E-state index in [-0.39, 0.29) is 31.8 Å². The van der Waals surface area contributed by atoms with Gasteiger partial charge < -0.3 is 10.0 Å². The second-order valence-electron chi connectivity index (χ2n) is 3.40. The molecule has 7 nitrogen and oxygen atoms in total. The van der Waals surface area contributed by atoms with Crippen molar-refractivity contribution in [3.63, 3.8) is 0 Å². The number of carboxylic acid groups (broad SMARTS) is 1. The Labute approximate surface area is 86.9 Å². The fourth-order valence-electron chi connectivity index (χ4n) is 1.40. The topological polar surface area (TPSA) is 118 Å². The molecule has 3 N–H and O–H groups in total. The van der Waals surface area contributed by atoms with E-state index in [1.54, 1.807) is 0 Å². The van der Waals surface area contributed by atoms with Gasteiger partial charge in [0.15, 0.2) is 0 Å². The van der Waals surface area contributed by atoms with E-state index < -0.39 is 21.2 Å². The summed E-state index contributed by atoms with van der Waals surface area (Å²) in [7, 11) is -3.72. The number of carboxylic acids is 1. The molecule has 0 aromatic heterocycles. The van der Waals surface area contributed by atoms with Crippen LogP contribution >= 0.6 is 0 Å². The van der Waals surface area contributed by atoms with Gasteiger partial charge in [-0.05, 0) is 0 Å². The summed E-state index contributed by atoms with van der Waals surface area (Å²) in [4.78, 5) is 22.7. The highest BCUT2D eigenvalue weighted by Gasteiger charge is 2.36. The van der Waals surface area contributed by atoms with Gasteiger partial charge in [-0.2, -0.15) is 0 Å². The van der Waals surface area contributed by atoms with Crippen LogP contribution in [0.3, 0.4) is 0 Å². The highest BCUT2D eigenvalue weighted by molar-refractivity contribution is 7.89. The summed E-state index contributed by atoms with van der Waals surface area (Å²) in [6.07, 6.45) is -0.346. The molecule has 0 spiro atoms. The highest BCUT2D eigenvalue weighted by atomic mass is 32.2. The van der Waals surface area contributed by atoms with Gasteiger partial charge in [-0.15, -0.1) is 0 Å². The van der Waals surface area contributed by atoms with Crippen LogP contribution in [0.25, 0.3) is 0 Å². The van der Waals surface area contributed by atoms with Gasteiger partial charge in [0.25, 0.3) is 0 Å². The number of nitrogens with two attached hydrogens (primary N) is 1. The summed E-state index contributed by atoms with van der Waals surface area (Å²) in [6.45, 7) is 0.0190. The molecule has 1 aliphatic heterocycles. The lowest BCUT2D eigenvalue weighted by molar-refractivity contribution is -0.137. The predicted molar refractivity (Wildman–Crippen MR) is 50.3 cm³/mol. The zero-order chi connectivity index (χ0) is 11.6. The van der Waals surface area contributed by atoms with Crippen LogP contribution < -0.4 is 5.14 Å². The molecule has 8 heteroatoms. The molecule has 1 amide bonds. The third kappa shape index (κ3) is 3.17. The summed E-state index contributed by atoms with van der Waals surface area (Å²) >= 11 is 0. The summed E-state index contributed by atoms with van der Waals surface area (Å²) in [6, 6.07) is 0. The van der Waals surface area contributed by atoms with Gasteiger partial charge in [-0.25, -0.2) is 13.6 Å². The van der Waals surface area contributed by atoms with E-state index >= 15 is 0 Å². The monoisotopic (exact) mass is 236 g/mol. The van der Waals surface area contributed by atoms with Crippen LogP contribution in [0.1, 0.15) is 12.8 Å². The number of sulfonamides is 1. The maximum Gasteiger partial charge on any atom is 0.305 e. The van der Waals surface area contributed by atoms with Crippen LogP contribution in [0.4, 0.5) is 0 Å². The first-order valence-corrected chi connectivity index (χ1v) is 5.93. The van der Waals surface area contributed by atoms with Gasteiger partial charge in [0, 0.05) is 19.5 Å². The van der Waals surface area contributed by atoms with Gasteiger partial charge in [0.1, 0.15) is 5.25 Å². The number of rotatable bonds is 4. The van der Waals surface area contributed by atoms with Gasteiger partial charge >= 0.3 is 5.97 Å². The number of likely N-dealkylation sites (tertiary alicyclic amines) is 1. The number of carbonyl (C=O) groups excluding carboxylic acids is 1. The first-order valence-electron chi connectivity index (χ1n) is 4.32. The third-order valence-corrected chi connectivity index (χ3v) is 3.48. The van der Waals surface area contributed by atoms with Crippen molar-refractivity contribution >= 4 is 21.9 Å². The maximum atomic E-state index is 11.3. The first-order chi connectivity index (χ1) is 6.80. The molecule has 0 bridgehead atoms. The Morgan fingerprint density at radius 2 is 2.20 bits per heavy atom. The SMILES string of the molecule is NS(=O)(=O)C1CC(=O)N(CCC(=O)O)C1. The predicted octanol–water partition coefficient (Wildman–Crippen LogP) is -1.65. The van der Waals surface area contributed by atoms with Gasteiger partial charge in [0.2, 0.25) is 15.9 Å². The Hall–Kier alpha value is -1.15. The van der Waals surface area contributed by atoms with Crippen LogP contribution in [-0.2, 0) is 19.6 Å². The van der Waals surface area contributed by atoms with E-state index in [1.807, 2.05) is 0 Å². The molecule has 1 aliphatic rings. The van der Waals surface area contributed by atoms with Gasteiger partial charge in [-0.1, -0.05) is 0 Å². The van der Waals surface area contributed by atoms with Crippen LogP contribution in [0, 0.1) is 0 Å². The molecule has 0 aromatic carbocycles. The molecule has 86 valence electrons. The third-order valence-electron chi connectivity index (χ3n) is 2.24. The second-order valence-corrected chi connectivity index (χ2v) is 5.24. The Morgan fingerprint density at radius 3 is 2.60 bits per heavy atom. The minimum Gasteiger partial charge on any atom is -0.481 e. The number of hydrogen-bond acceptors (Lipinski definition) is 4. The Kier molecular flexibility index (Phi) is 3.30. The number of hydrogen-bond donors (Lipinski definition) is 2. The van der Waals surface area contributed by atoms with Crippen molar-refractivity contribution in [2.24, 2.45) is 5.14 Å². The maximum absolute atomic E-state index is 11.3. The zero-order valence-corrected chi connectivity index (χ0v) is 8.74. The fraction of sp³-hybridized carbons (Fsp3) is 0.714. The van der Waals surface area contributed by atoms with Crippen molar-refractivity contribution in [2.45, 2.75) is 18.1 Å². The quantitative estimate of drug-likeness (QED) is 0.606. The average molecular weight is 236 g/mol. The lowest BCUT2D eigenvalue weighted by Crippen LogP contribution is -2.33. The second kappa shape index (κ2) is 4.15. The van der Waals surface area contributed by atoms with Gasteiger partial charge in [-0.3, -0.25) is 9.59 Å². The van der Waals surface area contributed by atoms with Crippen LogP contribution in [-0.4, -0.2) is 48.6 Å². The summed E-state index contributed by atoms with van der Waals surface area (Å²) in [5.41, 5.74) is 0. The Bertz CT molecular complexity index is 377. The lowest BCUT2D eigenvalue weighted by Gasteiger charge is -2.14. The summed E-state index contributed by atoms with van der Waals surface area (Å²) in [5, 5.41) is 12.4. The summed E-state index contributed by atoms with van der Waals surface area (Å²) < 4.78 is 21.9. The standard InChI is InChI=1S/C7H12N2O5S/c8-15(13,14)5-3-6(10)9(4-5)2-1-7(11)12/h5H,1-4H2,(H,11,12)(H2,8,13,14). The molecule has 0 aliphatic carbocycles. The van der Waals surface area contributed by atoms with Crippen molar-refractivity contribution in [1.82, 2.24) is 4.90 Å². The smallest absolute Gasteiger partial charge is 0.305 e. The number of nitrogens with zero attached hydrogens (tertiary/aromatic N) is 1. The molecule has 15 heavy (non-hydrogen) atoms. The van der Waals surface area contributed by atoms with E-state index in [0.717, 1.165) is 0 Å². The zero-order valence-electron chi connectivity index (χ0n) is 7.92. The van der Waals surface area contributed by atoms with E-state index in [1.165, 1.54) is 4.90 Å². The molecule has 1 unspecified atom stereocenters. The van der Waals surface area contributed by atoms with Crippen LogP contribution in [0.2, 0.25) is 0 Å². The number of aliphatic carboxylic acids is 1. The minimum absolute atomic E-state index is 0.00898. The van der Waals surface area contributed by atoms with Crippen molar-refractivity contribution in [3.05, 3.63) is 0 Å². The minimum atomic E-state index is -3.72. The van der Waals surface area contributed by atoms with Crippen LogP contribution in [0.5, 0.6) is 0 Å². The van der Waals surface area contributed by atoms with Crippen molar-refractivity contribution in [1.29, 1.82) is 0 Å². The largest absolute Gasteiger partial charge is 0.481 e. The number of carbonyl (C=O) groups is 2. The van der Waals surface area contributed by atoms with Crippen molar-refractivity contribution in [3.8, 4) is 0 Å². The molecule has 0 saturated carbocycles.